The van der Waals surface area contributed by atoms with Gasteiger partial charge in [0.2, 0.25) is 0 Å². The molecule has 0 spiro atoms. The Morgan fingerprint density at radius 1 is 1.47 bits per heavy atom. The lowest BCUT2D eigenvalue weighted by molar-refractivity contribution is 0.0697. The smallest absolute Gasteiger partial charge is 0.255 e. The molecule has 0 aromatic heterocycles. The molecule has 0 aliphatic carbocycles. The fraction of sp³-hybridized carbons (Fsp3) is 0.500. The van der Waals surface area contributed by atoms with Crippen molar-refractivity contribution in [3.8, 4) is 5.75 Å². The predicted molar refractivity (Wildman–Crippen MR) is 80.0 cm³/mol. The number of alkyl halides is 1. The van der Waals surface area contributed by atoms with Crippen LogP contribution in [0.4, 0.5) is 0 Å². The van der Waals surface area contributed by atoms with Crippen molar-refractivity contribution in [3.05, 3.63) is 28.2 Å². The van der Waals surface area contributed by atoms with Gasteiger partial charge < -0.3 is 9.64 Å². The van der Waals surface area contributed by atoms with Gasteiger partial charge in [-0.05, 0) is 52.9 Å². The first-order chi connectivity index (χ1) is 9.15. The summed E-state index contributed by atoms with van der Waals surface area (Å²) in [4.78, 5) is 14.4. The highest BCUT2D eigenvalue weighted by Crippen LogP contribution is 2.26. The Bertz CT molecular complexity index is 459. The molecule has 5 heteroatoms. The number of rotatable bonds is 3. The maximum atomic E-state index is 12.5. The number of carbonyl (C=O) groups excluding carboxylic acids is 1. The molecule has 1 saturated heterocycles. The van der Waals surface area contributed by atoms with E-state index in [1.54, 1.807) is 13.2 Å². The molecule has 1 aliphatic rings. The molecule has 3 nitrogen and oxygen atoms in total. The number of nitrogens with zero attached hydrogens (tertiary/aromatic N) is 1. The minimum Gasteiger partial charge on any atom is -0.497 e. The highest BCUT2D eigenvalue weighted by atomic mass is 79.9. The minimum absolute atomic E-state index is 0.0544. The first-order valence-electron chi connectivity index (χ1n) is 6.34. The van der Waals surface area contributed by atoms with Crippen LogP contribution in [0.5, 0.6) is 5.75 Å². The van der Waals surface area contributed by atoms with Gasteiger partial charge in [0, 0.05) is 23.4 Å². The Morgan fingerprint density at radius 2 is 2.16 bits per heavy atom. The molecule has 19 heavy (non-hydrogen) atoms. The zero-order chi connectivity index (χ0) is 13.8. The van der Waals surface area contributed by atoms with Crippen molar-refractivity contribution in [1.82, 2.24) is 4.90 Å². The van der Waals surface area contributed by atoms with Crippen molar-refractivity contribution in [1.29, 1.82) is 0 Å². The summed E-state index contributed by atoms with van der Waals surface area (Å²) in [6.45, 7) is 1.56. The second-order valence-electron chi connectivity index (χ2n) is 4.74. The SMILES string of the molecule is COc1ccc(Br)c(C(=O)N2CCC(CCl)CC2)c1. The molecule has 1 fully saturated rings. The van der Waals surface area contributed by atoms with Gasteiger partial charge in [0.05, 0.1) is 12.7 Å². The van der Waals surface area contributed by atoms with Gasteiger partial charge in [-0.15, -0.1) is 11.6 Å². The Kier molecular flexibility index (Phi) is 5.11. The topological polar surface area (TPSA) is 29.5 Å². The van der Waals surface area contributed by atoms with Gasteiger partial charge in [0.15, 0.2) is 0 Å². The number of methoxy groups -OCH3 is 1. The highest BCUT2D eigenvalue weighted by Gasteiger charge is 2.24. The van der Waals surface area contributed by atoms with Crippen LogP contribution in [0.3, 0.4) is 0 Å². The van der Waals surface area contributed by atoms with E-state index in [2.05, 4.69) is 15.9 Å². The van der Waals surface area contributed by atoms with Gasteiger partial charge in [0.1, 0.15) is 5.75 Å². The number of carbonyl (C=O) groups is 1. The van der Waals surface area contributed by atoms with E-state index >= 15 is 0 Å². The van der Waals surface area contributed by atoms with Gasteiger partial charge in [-0.3, -0.25) is 4.79 Å². The molecule has 1 heterocycles. The Morgan fingerprint density at radius 3 is 2.74 bits per heavy atom. The maximum Gasteiger partial charge on any atom is 0.255 e. The average Bonchev–Trinajstić information content (AvgIpc) is 2.47. The Balaban J connectivity index is 2.11. The second kappa shape index (κ2) is 6.62. The van der Waals surface area contributed by atoms with E-state index in [4.69, 9.17) is 16.3 Å². The molecular weight excluding hydrogens is 330 g/mol. The average molecular weight is 347 g/mol. The fourth-order valence-corrected chi connectivity index (χ4v) is 2.98. The molecule has 1 aliphatic heterocycles. The van der Waals surface area contributed by atoms with Gasteiger partial charge in [-0.25, -0.2) is 0 Å². The summed E-state index contributed by atoms with van der Waals surface area (Å²) < 4.78 is 5.98. The molecule has 1 aromatic rings. The third-order valence-electron chi connectivity index (χ3n) is 3.52. The van der Waals surface area contributed by atoms with E-state index in [1.807, 2.05) is 17.0 Å². The number of hydrogen-bond donors (Lipinski definition) is 0. The third-order valence-corrected chi connectivity index (χ3v) is 4.65. The standard InChI is InChI=1S/C14H17BrClNO2/c1-19-11-2-3-13(15)12(8-11)14(18)17-6-4-10(9-16)5-7-17/h2-3,8,10H,4-7,9H2,1H3. The van der Waals surface area contributed by atoms with Crippen molar-refractivity contribution in [2.24, 2.45) is 5.92 Å². The van der Waals surface area contributed by atoms with Gasteiger partial charge in [-0.1, -0.05) is 0 Å². The van der Waals surface area contributed by atoms with Gasteiger partial charge in [-0.2, -0.15) is 0 Å². The summed E-state index contributed by atoms with van der Waals surface area (Å²) in [7, 11) is 1.60. The van der Waals surface area contributed by atoms with Gasteiger partial charge in [0.25, 0.3) is 5.91 Å². The quantitative estimate of drug-likeness (QED) is 0.783. The highest BCUT2D eigenvalue weighted by molar-refractivity contribution is 9.10. The molecule has 0 radical (unpaired) electrons. The largest absolute Gasteiger partial charge is 0.497 e. The number of likely N-dealkylation sites (tertiary alicyclic amines) is 1. The first kappa shape index (κ1) is 14.7. The van der Waals surface area contributed by atoms with Crippen LogP contribution in [0.2, 0.25) is 0 Å². The van der Waals surface area contributed by atoms with E-state index in [9.17, 15) is 4.79 Å². The van der Waals surface area contributed by atoms with Gasteiger partial charge >= 0.3 is 0 Å². The van der Waals surface area contributed by atoms with Crippen molar-refractivity contribution < 1.29 is 9.53 Å². The Labute approximate surface area is 127 Å². The lowest BCUT2D eigenvalue weighted by atomic mass is 9.98. The molecule has 0 saturated carbocycles. The number of benzene rings is 1. The van der Waals surface area contributed by atoms with E-state index in [0.717, 1.165) is 30.4 Å². The van der Waals surface area contributed by atoms with Crippen molar-refractivity contribution in [2.45, 2.75) is 12.8 Å². The van der Waals surface area contributed by atoms with Crippen molar-refractivity contribution >= 4 is 33.4 Å². The van der Waals surface area contributed by atoms with E-state index < -0.39 is 0 Å². The molecule has 0 bridgehead atoms. The summed E-state index contributed by atoms with van der Waals surface area (Å²) >= 11 is 9.29. The first-order valence-corrected chi connectivity index (χ1v) is 7.67. The van der Waals surface area contributed by atoms with Crippen LogP contribution in [0.1, 0.15) is 23.2 Å². The molecular formula is C14H17BrClNO2. The van der Waals surface area contributed by atoms with Crippen LogP contribution in [-0.2, 0) is 0 Å². The third kappa shape index (κ3) is 3.42. The van der Waals surface area contributed by atoms with E-state index in [-0.39, 0.29) is 5.91 Å². The summed E-state index contributed by atoms with van der Waals surface area (Å²) in [5, 5.41) is 0. The summed E-state index contributed by atoms with van der Waals surface area (Å²) in [6.07, 6.45) is 1.97. The normalized spacial score (nSPS) is 16.5. The summed E-state index contributed by atoms with van der Waals surface area (Å²) in [5.41, 5.74) is 0.656. The number of halogens is 2. The van der Waals surface area contributed by atoms with Crippen molar-refractivity contribution in [2.75, 3.05) is 26.1 Å². The minimum atomic E-state index is 0.0544. The predicted octanol–water partition coefficient (Wildman–Crippen LogP) is 3.55. The zero-order valence-electron chi connectivity index (χ0n) is 10.9. The summed E-state index contributed by atoms with van der Waals surface area (Å²) in [6, 6.07) is 5.46. The zero-order valence-corrected chi connectivity index (χ0v) is 13.2. The van der Waals surface area contributed by atoms with Crippen LogP contribution in [-0.4, -0.2) is 36.9 Å². The van der Waals surface area contributed by atoms with E-state index in [0.29, 0.717) is 23.1 Å². The lowest BCUT2D eigenvalue weighted by Crippen LogP contribution is -2.39. The lowest BCUT2D eigenvalue weighted by Gasteiger charge is -2.31. The molecule has 1 aromatic carbocycles. The second-order valence-corrected chi connectivity index (χ2v) is 5.90. The van der Waals surface area contributed by atoms with Crippen LogP contribution >= 0.6 is 27.5 Å². The van der Waals surface area contributed by atoms with Crippen LogP contribution in [0.15, 0.2) is 22.7 Å². The van der Waals surface area contributed by atoms with Crippen molar-refractivity contribution in [3.63, 3.8) is 0 Å². The maximum absolute atomic E-state index is 12.5. The van der Waals surface area contributed by atoms with Crippen LogP contribution in [0, 0.1) is 5.92 Å². The molecule has 0 N–H and O–H groups in total. The Hall–Kier alpha value is -0.740. The molecule has 104 valence electrons. The fourth-order valence-electron chi connectivity index (χ4n) is 2.26. The van der Waals surface area contributed by atoms with E-state index in [1.165, 1.54) is 0 Å². The summed E-state index contributed by atoms with van der Waals surface area (Å²) in [5.74, 6) is 1.98. The molecule has 0 unspecified atom stereocenters. The number of piperidine rings is 1. The molecule has 0 atom stereocenters. The van der Waals surface area contributed by atoms with Crippen LogP contribution < -0.4 is 4.74 Å². The van der Waals surface area contributed by atoms with Crippen LogP contribution in [0.25, 0.3) is 0 Å². The number of amides is 1. The number of hydrogen-bond acceptors (Lipinski definition) is 2. The monoisotopic (exact) mass is 345 g/mol. The number of ether oxygens (including phenoxy) is 1. The molecule has 1 amide bonds. The molecule has 2 rings (SSSR count).